The van der Waals surface area contributed by atoms with Crippen molar-refractivity contribution in [3.63, 3.8) is 0 Å². The van der Waals surface area contributed by atoms with Crippen LogP contribution in [0.1, 0.15) is 21.1 Å². The number of hydrogen-bond donors (Lipinski definition) is 1. The lowest BCUT2D eigenvalue weighted by Crippen LogP contribution is -2.26. The Balaban J connectivity index is 2.15. The first-order valence-electron chi connectivity index (χ1n) is 6.01. The normalized spacial score (nSPS) is 10.4. The van der Waals surface area contributed by atoms with Crippen molar-refractivity contribution in [1.29, 1.82) is 0 Å². The Labute approximate surface area is 126 Å². The number of rotatable bonds is 4. The number of carbonyl (C=O) groups is 1. The smallest absolute Gasteiger partial charge is 0.254 e. The van der Waals surface area contributed by atoms with E-state index in [2.05, 4.69) is 15.3 Å². The Morgan fingerprint density at radius 3 is 2.80 bits per heavy atom. The van der Waals surface area contributed by atoms with Crippen LogP contribution in [0.15, 0.2) is 17.5 Å². The Morgan fingerprint density at radius 1 is 1.45 bits per heavy atom. The number of pyridine rings is 1. The van der Waals surface area contributed by atoms with Gasteiger partial charge in [-0.25, -0.2) is 9.97 Å². The number of aromatic nitrogens is 2. The van der Waals surface area contributed by atoms with Gasteiger partial charge < -0.3 is 10.2 Å². The van der Waals surface area contributed by atoms with Gasteiger partial charge in [-0.15, -0.1) is 11.3 Å². The summed E-state index contributed by atoms with van der Waals surface area (Å²) in [4.78, 5) is 22.4. The molecule has 0 fully saturated rings. The van der Waals surface area contributed by atoms with Gasteiger partial charge in [-0.3, -0.25) is 4.79 Å². The molecular weight excluding hydrogens is 296 g/mol. The zero-order chi connectivity index (χ0) is 14.7. The maximum absolute atomic E-state index is 12.4. The summed E-state index contributed by atoms with van der Waals surface area (Å²) in [6.07, 6.45) is 0. The maximum Gasteiger partial charge on any atom is 0.254 e. The standard InChI is InChI=1S/C13H15ClN4OS/c1-8-16-10(7-20-8)6-18(3)13(19)9-4-11(14)17-12(5-9)15-2/h4-5,7H,6H2,1-3H3,(H,15,17). The van der Waals surface area contributed by atoms with Crippen molar-refractivity contribution in [3.05, 3.63) is 38.9 Å². The Morgan fingerprint density at radius 2 is 2.20 bits per heavy atom. The Bertz CT molecular complexity index is 629. The van der Waals surface area contributed by atoms with Gasteiger partial charge in [0.05, 0.1) is 17.2 Å². The maximum atomic E-state index is 12.4. The number of thiazole rings is 1. The zero-order valence-electron chi connectivity index (χ0n) is 11.5. The van der Waals surface area contributed by atoms with E-state index < -0.39 is 0 Å². The van der Waals surface area contributed by atoms with Gasteiger partial charge in [-0.2, -0.15) is 0 Å². The van der Waals surface area contributed by atoms with E-state index in [1.165, 1.54) is 0 Å². The van der Waals surface area contributed by atoms with Crippen LogP contribution in [0.5, 0.6) is 0 Å². The van der Waals surface area contributed by atoms with Crippen molar-refractivity contribution in [2.45, 2.75) is 13.5 Å². The number of halogens is 1. The minimum absolute atomic E-state index is 0.114. The molecule has 1 amide bonds. The first-order valence-corrected chi connectivity index (χ1v) is 7.27. The van der Waals surface area contributed by atoms with Crippen molar-refractivity contribution in [3.8, 4) is 0 Å². The number of carbonyl (C=O) groups excluding carboxylic acids is 1. The van der Waals surface area contributed by atoms with Crippen molar-refractivity contribution < 1.29 is 4.79 Å². The molecule has 0 saturated heterocycles. The molecule has 0 aromatic carbocycles. The molecule has 1 N–H and O–H groups in total. The van der Waals surface area contributed by atoms with Gasteiger partial charge in [-0.05, 0) is 19.1 Å². The highest BCUT2D eigenvalue weighted by Crippen LogP contribution is 2.17. The molecule has 5 nitrogen and oxygen atoms in total. The molecule has 2 aromatic heterocycles. The van der Waals surface area contributed by atoms with Gasteiger partial charge in [0.25, 0.3) is 5.91 Å². The van der Waals surface area contributed by atoms with Gasteiger partial charge in [0.2, 0.25) is 0 Å². The first-order chi connectivity index (χ1) is 9.49. The van der Waals surface area contributed by atoms with E-state index in [1.807, 2.05) is 12.3 Å². The van der Waals surface area contributed by atoms with Crippen LogP contribution in [0.3, 0.4) is 0 Å². The van der Waals surface area contributed by atoms with E-state index in [4.69, 9.17) is 11.6 Å². The molecule has 0 spiro atoms. The van der Waals surface area contributed by atoms with E-state index in [0.717, 1.165) is 10.7 Å². The second-order valence-electron chi connectivity index (χ2n) is 4.33. The molecule has 0 radical (unpaired) electrons. The first kappa shape index (κ1) is 14.7. The van der Waals surface area contributed by atoms with Crippen LogP contribution < -0.4 is 5.32 Å². The minimum atomic E-state index is -0.114. The second kappa shape index (κ2) is 6.19. The van der Waals surface area contributed by atoms with Crippen molar-refractivity contribution in [1.82, 2.24) is 14.9 Å². The monoisotopic (exact) mass is 310 g/mol. The molecule has 0 aliphatic heterocycles. The summed E-state index contributed by atoms with van der Waals surface area (Å²) < 4.78 is 0. The summed E-state index contributed by atoms with van der Waals surface area (Å²) in [6, 6.07) is 3.24. The predicted molar refractivity (Wildman–Crippen MR) is 81.4 cm³/mol. The summed E-state index contributed by atoms with van der Waals surface area (Å²) in [5, 5.41) is 6.11. The van der Waals surface area contributed by atoms with E-state index in [0.29, 0.717) is 17.9 Å². The fourth-order valence-electron chi connectivity index (χ4n) is 1.76. The molecule has 0 saturated carbocycles. The molecule has 0 bridgehead atoms. The minimum Gasteiger partial charge on any atom is -0.373 e. The lowest BCUT2D eigenvalue weighted by Gasteiger charge is -2.16. The molecule has 2 heterocycles. The SMILES string of the molecule is CNc1cc(C(=O)N(C)Cc2csc(C)n2)cc(Cl)n1. The van der Waals surface area contributed by atoms with E-state index in [1.54, 1.807) is 42.5 Å². The van der Waals surface area contributed by atoms with Crippen LogP contribution in [-0.2, 0) is 6.54 Å². The lowest BCUT2D eigenvalue weighted by molar-refractivity contribution is 0.0783. The zero-order valence-corrected chi connectivity index (χ0v) is 13.0. The molecule has 7 heteroatoms. The van der Waals surface area contributed by atoms with Crippen LogP contribution in [0.2, 0.25) is 5.15 Å². The van der Waals surface area contributed by atoms with Crippen molar-refractivity contribution in [2.75, 3.05) is 19.4 Å². The highest BCUT2D eigenvalue weighted by molar-refractivity contribution is 7.09. The van der Waals surface area contributed by atoms with E-state index in [-0.39, 0.29) is 11.1 Å². The number of nitrogens with one attached hydrogen (secondary N) is 1. The number of hydrogen-bond acceptors (Lipinski definition) is 5. The summed E-state index contributed by atoms with van der Waals surface area (Å²) >= 11 is 7.48. The quantitative estimate of drug-likeness (QED) is 0.882. The Hall–Kier alpha value is -1.66. The molecule has 20 heavy (non-hydrogen) atoms. The highest BCUT2D eigenvalue weighted by atomic mass is 35.5. The number of anilines is 1. The molecule has 106 valence electrons. The fraction of sp³-hybridized carbons (Fsp3) is 0.308. The topological polar surface area (TPSA) is 58.1 Å². The predicted octanol–water partition coefficient (Wildman–Crippen LogP) is 2.81. The van der Waals surface area contributed by atoms with Crippen molar-refractivity contribution in [2.24, 2.45) is 0 Å². The second-order valence-corrected chi connectivity index (χ2v) is 5.78. The van der Waals surface area contributed by atoms with Crippen molar-refractivity contribution >= 4 is 34.7 Å². The highest BCUT2D eigenvalue weighted by Gasteiger charge is 2.15. The van der Waals surface area contributed by atoms with Gasteiger partial charge >= 0.3 is 0 Å². The number of aryl methyl sites for hydroxylation is 1. The molecule has 0 unspecified atom stereocenters. The number of nitrogens with zero attached hydrogens (tertiary/aromatic N) is 3. The van der Waals surface area contributed by atoms with E-state index in [9.17, 15) is 4.79 Å². The van der Waals surface area contributed by atoms with E-state index >= 15 is 0 Å². The van der Waals surface area contributed by atoms with Gasteiger partial charge in [0.1, 0.15) is 11.0 Å². The largest absolute Gasteiger partial charge is 0.373 e. The van der Waals surface area contributed by atoms with Gasteiger partial charge in [-0.1, -0.05) is 11.6 Å². The molecule has 0 aliphatic rings. The van der Waals surface area contributed by atoms with Gasteiger partial charge in [0.15, 0.2) is 0 Å². The molecular formula is C13H15ClN4OS. The summed E-state index contributed by atoms with van der Waals surface area (Å²) in [7, 11) is 3.47. The number of amides is 1. The van der Waals surface area contributed by atoms with Crippen LogP contribution in [0.25, 0.3) is 0 Å². The molecule has 0 atom stereocenters. The van der Waals surface area contributed by atoms with Crippen LogP contribution >= 0.6 is 22.9 Å². The fourth-order valence-corrected chi connectivity index (χ4v) is 2.58. The summed E-state index contributed by atoms with van der Waals surface area (Å²) in [5.74, 6) is 0.454. The van der Waals surface area contributed by atoms with Gasteiger partial charge in [0, 0.05) is 25.0 Å². The summed E-state index contributed by atoms with van der Waals surface area (Å²) in [5.41, 5.74) is 1.39. The average Bonchev–Trinajstić information content (AvgIpc) is 2.82. The van der Waals surface area contributed by atoms with Crippen LogP contribution in [0, 0.1) is 6.92 Å². The average molecular weight is 311 g/mol. The molecule has 2 rings (SSSR count). The lowest BCUT2D eigenvalue weighted by atomic mass is 10.2. The Kier molecular flexibility index (Phi) is 4.57. The van der Waals surface area contributed by atoms with Crippen LogP contribution in [0.4, 0.5) is 5.82 Å². The molecule has 0 aliphatic carbocycles. The molecule has 2 aromatic rings. The third-order valence-electron chi connectivity index (χ3n) is 2.71. The third kappa shape index (κ3) is 3.46. The van der Waals surface area contributed by atoms with Crippen LogP contribution in [-0.4, -0.2) is 34.9 Å². The summed E-state index contributed by atoms with van der Waals surface area (Å²) in [6.45, 7) is 2.41. The third-order valence-corrected chi connectivity index (χ3v) is 3.73.